The SMILES string of the molecule is CC1=CCNC(C)N1.CC1=CNC(C)NC1. The third-order valence-corrected chi connectivity index (χ3v) is 2.54. The lowest BCUT2D eigenvalue weighted by molar-refractivity contribution is 0.494. The first-order valence-electron chi connectivity index (χ1n) is 5.89. The van der Waals surface area contributed by atoms with Gasteiger partial charge < -0.3 is 10.6 Å². The second-order valence-electron chi connectivity index (χ2n) is 4.42. The standard InChI is InChI=1S/2C6H12N2/c1-5-3-7-6(2)8-4-5;1-5-3-4-7-6(2)8-5/h2*3,6-8H,4H2,1-2H3. The van der Waals surface area contributed by atoms with Crippen molar-refractivity contribution < 1.29 is 0 Å². The zero-order valence-electron chi connectivity index (χ0n) is 10.7. The Balaban J connectivity index is 0.000000160. The van der Waals surface area contributed by atoms with Crippen molar-refractivity contribution in [3.8, 4) is 0 Å². The summed E-state index contributed by atoms with van der Waals surface area (Å²) in [5.74, 6) is 0. The fourth-order valence-corrected chi connectivity index (χ4v) is 1.53. The Morgan fingerprint density at radius 1 is 1.12 bits per heavy atom. The highest BCUT2D eigenvalue weighted by atomic mass is 15.1. The Kier molecular flexibility index (Phi) is 5.35. The number of hydrogen-bond donors (Lipinski definition) is 4. The van der Waals surface area contributed by atoms with E-state index >= 15 is 0 Å². The summed E-state index contributed by atoms with van der Waals surface area (Å²) in [5.41, 5.74) is 2.64. The van der Waals surface area contributed by atoms with Crippen molar-refractivity contribution in [2.75, 3.05) is 13.1 Å². The van der Waals surface area contributed by atoms with E-state index in [0.29, 0.717) is 12.3 Å². The van der Waals surface area contributed by atoms with Gasteiger partial charge in [0.1, 0.15) is 0 Å². The molecule has 4 N–H and O–H groups in total. The lowest BCUT2D eigenvalue weighted by Gasteiger charge is -2.20. The quantitative estimate of drug-likeness (QED) is 0.493. The van der Waals surface area contributed by atoms with E-state index < -0.39 is 0 Å². The molecule has 0 saturated heterocycles. The summed E-state index contributed by atoms with van der Waals surface area (Å²) in [6.07, 6.45) is 5.08. The van der Waals surface area contributed by atoms with Gasteiger partial charge in [-0.3, -0.25) is 10.6 Å². The first kappa shape index (κ1) is 13.1. The van der Waals surface area contributed by atoms with Crippen LogP contribution in [-0.2, 0) is 0 Å². The van der Waals surface area contributed by atoms with Gasteiger partial charge in [-0.2, -0.15) is 0 Å². The van der Waals surface area contributed by atoms with Gasteiger partial charge in [-0.05, 0) is 39.5 Å². The van der Waals surface area contributed by atoms with Gasteiger partial charge in [-0.15, -0.1) is 0 Å². The maximum atomic E-state index is 3.25. The van der Waals surface area contributed by atoms with Crippen LogP contribution in [-0.4, -0.2) is 25.4 Å². The average molecular weight is 224 g/mol. The summed E-state index contributed by atoms with van der Waals surface area (Å²) in [6, 6.07) is 0. The second-order valence-corrected chi connectivity index (χ2v) is 4.42. The van der Waals surface area contributed by atoms with Gasteiger partial charge in [-0.25, -0.2) is 0 Å². The van der Waals surface area contributed by atoms with Gasteiger partial charge in [0, 0.05) is 18.8 Å². The number of hydrogen-bond acceptors (Lipinski definition) is 4. The maximum Gasteiger partial charge on any atom is 0.0738 e. The van der Waals surface area contributed by atoms with Crippen molar-refractivity contribution in [2.45, 2.75) is 40.0 Å². The smallest absolute Gasteiger partial charge is 0.0738 e. The van der Waals surface area contributed by atoms with Gasteiger partial charge in [0.05, 0.1) is 12.3 Å². The Hall–Kier alpha value is -1.00. The van der Waals surface area contributed by atoms with Crippen molar-refractivity contribution in [1.82, 2.24) is 21.3 Å². The fourth-order valence-electron chi connectivity index (χ4n) is 1.53. The second kappa shape index (κ2) is 6.55. The zero-order chi connectivity index (χ0) is 12.0. The summed E-state index contributed by atoms with van der Waals surface area (Å²) in [4.78, 5) is 0. The van der Waals surface area contributed by atoms with E-state index in [4.69, 9.17) is 0 Å². The van der Waals surface area contributed by atoms with E-state index in [1.165, 1.54) is 11.3 Å². The van der Waals surface area contributed by atoms with Gasteiger partial charge >= 0.3 is 0 Å². The van der Waals surface area contributed by atoms with E-state index in [2.05, 4.69) is 61.2 Å². The first-order chi connectivity index (χ1) is 7.58. The molecule has 0 fully saturated rings. The van der Waals surface area contributed by atoms with Crippen molar-refractivity contribution in [2.24, 2.45) is 0 Å². The average Bonchev–Trinajstić information content (AvgIpc) is 2.23. The normalized spacial score (nSPS) is 28.8. The van der Waals surface area contributed by atoms with Crippen molar-refractivity contribution >= 4 is 0 Å². The molecule has 2 aliphatic rings. The number of rotatable bonds is 0. The van der Waals surface area contributed by atoms with Crippen molar-refractivity contribution in [3.63, 3.8) is 0 Å². The van der Waals surface area contributed by atoms with E-state index in [1.54, 1.807) is 0 Å². The maximum absolute atomic E-state index is 3.25. The Morgan fingerprint density at radius 2 is 1.88 bits per heavy atom. The van der Waals surface area contributed by atoms with E-state index in [-0.39, 0.29) is 0 Å². The third kappa shape index (κ3) is 5.19. The van der Waals surface area contributed by atoms with Crippen LogP contribution in [0.15, 0.2) is 23.5 Å². The van der Waals surface area contributed by atoms with E-state index in [1.807, 2.05) is 0 Å². The zero-order valence-corrected chi connectivity index (χ0v) is 10.7. The van der Waals surface area contributed by atoms with Crippen LogP contribution < -0.4 is 21.3 Å². The third-order valence-electron chi connectivity index (χ3n) is 2.54. The molecular formula is C12H24N4. The molecule has 4 heteroatoms. The predicted molar refractivity (Wildman–Crippen MR) is 68.7 cm³/mol. The molecular weight excluding hydrogens is 200 g/mol. The van der Waals surface area contributed by atoms with Gasteiger partial charge in [0.25, 0.3) is 0 Å². The molecule has 4 nitrogen and oxygen atoms in total. The molecule has 16 heavy (non-hydrogen) atoms. The summed E-state index contributed by atoms with van der Waals surface area (Å²) in [6.45, 7) is 10.4. The molecule has 2 unspecified atom stereocenters. The monoisotopic (exact) mass is 224 g/mol. The lowest BCUT2D eigenvalue weighted by Crippen LogP contribution is -2.42. The van der Waals surface area contributed by atoms with Crippen LogP contribution in [0.2, 0.25) is 0 Å². The topological polar surface area (TPSA) is 48.1 Å². The molecule has 0 aromatic heterocycles. The molecule has 0 bridgehead atoms. The van der Waals surface area contributed by atoms with Gasteiger partial charge in [0.2, 0.25) is 0 Å². The molecule has 0 aliphatic carbocycles. The Morgan fingerprint density at radius 3 is 2.25 bits per heavy atom. The minimum atomic E-state index is 0.443. The molecule has 0 aromatic carbocycles. The molecule has 2 atom stereocenters. The molecule has 2 rings (SSSR count). The van der Waals surface area contributed by atoms with Crippen LogP contribution in [0.1, 0.15) is 27.7 Å². The number of allylic oxidation sites excluding steroid dienone is 1. The Bertz CT molecular complexity index is 270. The highest BCUT2D eigenvalue weighted by Gasteiger charge is 2.02. The van der Waals surface area contributed by atoms with Gasteiger partial charge in [-0.1, -0.05) is 6.08 Å². The van der Waals surface area contributed by atoms with Crippen LogP contribution in [0, 0.1) is 0 Å². The fraction of sp³-hybridized carbons (Fsp3) is 0.667. The van der Waals surface area contributed by atoms with Crippen molar-refractivity contribution in [1.29, 1.82) is 0 Å². The molecule has 0 saturated carbocycles. The molecule has 2 aliphatic heterocycles. The summed E-state index contributed by atoms with van der Waals surface area (Å²) >= 11 is 0. The van der Waals surface area contributed by atoms with Crippen LogP contribution in [0.4, 0.5) is 0 Å². The highest BCUT2D eigenvalue weighted by molar-refractivity contribution is 5.03. The van der Waals surface area contributed by atoms with Crippen LogP contribution in [0.3, 0.4) is 0 Å². The highest BCUT2D eigenvalue weighted by Crippen LogP contribution is 1.93. The van der Waals surface area contributed by atoms with Crippen LogP contribution in [0.25, 0.3) is 0 Å². The van der Waals surface area contributed by atoms with Gasteiger partial charge in [0.15, 0.2) is 0 Å². The molecule has 0 amide bonds. The largest absolute Gasteiger partial charge is 0.376 e. The first-order valence-corrected chi connectivity index (χ1v) is 5.89. The predicted octanol–water partition coefficient (Wildman–Crippen LogP) is 0.858. The van der Waals surface area contributed by atoms with E-state index in [9.17, 15) is 0 Å². The molecule has 0 spiro atoms. The summed E-state index contributed by atoms with van der Waals surface area (Å²) < 4.78 is 0. The molecule has 92 valence electrons. The van der Waals surface area contributed by atoms with E-state index in [0.717, 1.165) is 13.1 Å². The molecule has 0 radical (unpaired) electrons. The van der Waals surface area contributed by atoms with Crippen LogP contribution >= 0.6 is 0 Å². The molecule has 0 aromatic rings. The molecule has 2 heterocycles. The summed E-state index contributed by atoms with van der Waals surface area (Å²) in [7, 11) is 0. The minimum Gasteiger partial charge on any atom is -0.376 e. The lowest BCUT2D eigenvalue weighted by atomic mass is 10.3. The van der Waals surface area contributed by atoms with Crippen molar-refractivity contribution in [3.05, 3.63) is 23.5 Å². The Labute approximate surface area is 98.6 Å². The minimum absolute atomic E-state index is 0.443. The summed E-state index contributed by atoms with van der Waals surface area (Å²) in [5, 5.41) is 12.9. The number of nitrogens with one attached hydrogen (secondary N) is 4. The van der Waals surface area contributed by atoms with Crippen LogP contribution in [0.5, 0.6) is 0 Å².